The Kier molecular flexibility index (Phi) is 7.15. The topological polar surface area (TPSA) is 77.9 Å². The van der Waals surface area contributed by atoms with Crippen LogP contribution < -0.4 is 10.1 Å². The van der Waals surface area contributed by atoms with E-state index in [0.717, 1.165) is 37.6 Å². The Morgan fingerprint density at radius 1 is 1.07 bits per heavy atom. The number of hydrogen-bond acceptors (Lipinski definition) is 6. The average Bonchev–Trinajstić information content (AvgIpc) is 2.69. The molecule has 1 unspecified atom stereocenters. The van der Waals surface area contributed by atoms with Gasteiger partial charge in [-0.05, 0) is 24.3 Å². The number of hydrogen-bond donors (Lipinski definition) is 2. The molecular weight excluding hydrogens is 344 g/mol. The van der Waals surface area contributed by atoms with Gasteiger partial charge in [0.25, 0.3) is 0 Å². The summed E-state index contributed by atoms with van der Waals surface area (Å²) in [6.45, 7) is 4.47. The van der Waals surface area contributed by atoms with Gasteiger partial charge in [0.1, 0.15) is 18.5 Å². The van der Waals surface area contributed by atoms with Crippen LogP contribution in [-0.4, -0.2) is 77.8 Å². The number of aliphatic hydroxyl groups is 1. The fourth-order valence-corrected chi connectivity index (χ4v) is 3.03. The quantitative estimate of drug-likeness (QED) is 0.724. The average molecular weight is 370 g/mol. The molecule has 0 spiro atoms. The summed E-state index contributed by atoms with van der Waals surface area (Å²) in [7, 11) is 0. The standard InChI is InChI=1S/C20H26N4O3/c25-18(16-27-19-4-2-1-3-5-19)14-23-10-12-24(13-11-23)15-20(26)22-17-6-8-21-9-7-17/h1-9,18,25H,10-16H2,(H,21,22,26). The number of nitrogens with one attached hydrogen (secondary N) is 1. The van der Waals surface area contributed by atoms with Crippen LogP contribution in [0.1, 0.15) is 0 Å². The molecule has 7 heteroatoms. The normalized spacial score (nSPS) is 16.6. The van der Waals surface area contributed by atoms with Gasteiger partial charge >= 0.3 is 0 Å². The smallest absolute Gasteiger partial charge is 0.238 e. The van der Waals surface area contributed by atoms with Gasteiger partial charge in [-0.25, -0.2) is 0 Å². The van der Waals surface area contributed by atoms with Gasteiger partial charge < -0.3 is 15.2 Å². The molecule has 2 heterocycles. The number of benzene rings is 1. The van der Waals surface area contributed by atoms with E-state index in [2.05, 4.69) is 20.1 Å². The molecule has 2 aromatic rings. The van der Waals surface area contributed by atoms with Crippen LogP contribution in [0, 0.1) is 0 Å². The maximum absolute atomic E-state index is 12.1. The van der Waals surface area contributed by atoms with Crippen molar-refractivity contribution in [3.63, 3.8) is 0 Å². The van der Waals surface area contributed by atoms with Gasteiger partial charge in [-0.1, -0.05) is 18.2 Å². The lowest BCUT2D eigenvalue weighted by molar-refractivity contribution is -0.117. The maximum atomic E-state index is 12.1. The SMILES string of the molecule is O=C(CN1CCN(CC(O)COc2ccccc2)CC1)Nc1ccncc1. The summed E-state index contributed by atoms with van der Waals surface area (Å²) in [5.74, 6) is 0.743. The monoisotopic (exact) mass is 370 g/mol. The molecule has 1 fully saturated rings. The van der Waals surface area contributed by atoms with Crippen LogP contribution in [0.3, 0.4) is 0 Å². The lowest BCUT2D eigenvalue weighted by Gasteiger charge is -2.35. The lowest BCUT2D eigenvalue weighted by atomic mass is 10.2. The van der Waals surface area contributed by atoms with E-state index in [0.29, 0.717) is 13.1 Å². The molecule has 1 atom stereocenters. The molecule has 0 saturated carbocycles. The number of anilines is 1. The first-order chi connectivity index (χ1) is 13.2. The number of pyridine rings is 1. The summed E-state index contributed by atoms with van der Waals surface area (Å²) in [6, 6.07) is 13.0. The van der Waals surface area contributed by atoms with Crippen LogP contribution in [0.25, 0.3) is 0 Å². The number of carbonyl (C=O) groups excluding carboxylic acids is 1. The summed E-state index contributed by atoms with van der Waals surface area (Å²) < 4.78 is 5.60. The minimum atomic E-state index is -0.535. The number of ether oxygens (including phenoxy) is 1. The molecule has 0 radical (unpaired) electrons. The molecule has 0 bridgehead atoms. The Hall–Kier alpha value is -2.48. The Morgan fingerprint density at radius 2 is 1.74 bits per heavy atom. The lowest BCUT2D eigenvalue weighted by Crippen LogP contribution is -2.50. The molecule has 1 amide bonds. The van der Waals surface area contributed by atoms with Crippen molar-refractivity contribution in [2.45, 2.75) is 6.10 Å². The fourth-order valence-electron chi connectivity index (χ4n) is 3.03. The van der Waals surface area contributed by atoms with E-state index in [4.69, 9.17) is 4.74 Å². The molecule has 27 heavy (non-hydrogen) atoms. The summed E-state index contributed by atoms with van der Waals surface area (Å²) in [6.07, 6.45) is 2.77. The van der Waals surface area contributed by atoms with Gasteiger partial charge in [0.15, 0.2) is 0 Å². The number of carbonyl (C=O) groups is 1. The van der Waals surface area contributed by atoms with Crippen molar-refractivity contribution in [1.29, 1.82) is 0 Å². The third kappa shape index (κ3) is 6.63. The molecule has 1 aromatic heterocycles. The van der Waals surface area contributed by atoms with E-state index in [1.54, 1.807) is 24.5 Å². The van der Waals surface area contributed by atoms with Gasteiger partial charge in [0, 0.05) is 50.8 Å². The molecule has 1 aliphatic rings. The number of piperazine rings is 1. The molecule has 1 saturated heterocycles. The first-order valence-electron chi connectivity index (χ1n) is 9.19. The summed E-state index contributed by atoms with van der Waals surface area (Å²) in [4.78, 5) is 20.4. The highest BCUT2D eigenvalue weighted by molar-refractivity contribution is 5.92. The van der Waals surface area contributed by atoms with Crippen LogP contribution >= 0.6 is 0 Å². The third-order valence-corrected chi connectivity index (χ3v) is 4.45. The molecule has 0 aliphatic carbocycles. The zero-order valence-corrected chi connectivity index (χ0v) is 15.3. The van der Waals surface area contributed by atoms with Gasteiger partial charge in [-0.15, -0.1) is 0 Å². The van der Waals surface area contributed by atoms with Crippen LogP contribution in [0.2, 0.25) is 0 Å². The highest BCUT2D eigenvalue weighted by atomic mass is 16.5. The molecule has 3 rings (SSSR count). The van der Waals surface area contributed by atoms with Gasteiger partial charge in [0.2, 0.25) is 5.91 Å². The van der Waals surface area contributed by atoms with Crippen molar-refractivity contribution in [1.82, 2.24) is 14.8 Å². The van der Waals surface area contributed by atoms with Crippen molar-refractivity contribution >= 4 is 11.6 Å². The number of nitrogens with zero attached hydrogens (tertiary/aromatic N) is 3. The second kappa shape index (κ2) is 10.0. The van der Waals surface area contributed by atoms with Crippen molar-refractivity contribution < 1.29 is 14.6 Å². The summed E-state index contributed by atoms with van der Waals surface area (Å²) >= 11 is 0. The van der Waals surface area contributed by atoms with Gasteiger partial charge in [-0.2, -0.15) is 0 Å². The van der Waals surface area contributed by atoms with E-state index < -0.39 is 6.10 Å². The highest BCUT2D eigenvalue weighted by Crippen LogP contribution is 2.10. The number of rotatable bonds is 8. The van der Waals surface area contributed by atoms with Gasteiger partial charge in [-0.3, -0.25) is 19.6 Å². The molecule has 144 valence electrons. The van der Waals surface area contributed by atoms with Crippen molar-refractivity contribution in [3.05, 3.63) is 54.9 Å². The predicted octanol–water partition coefficient (Wildman–Crippen LogP) is 1.08. The van der Waals surface area contributed by atoms with E-state index in [1.165, 1.54) is 0 Å². The zero-order valence-electron chi connectivity index (χ0n) is 15.3. The summed E-state index contributed by atoms with van der Waals surface area (Å²) in [5, 5.41) is 13.1. The van der Waals surface area contributed by atoms with Crippen LogP contribution in [0.15, 0.2) is 54.9 Å². The minimum Gasteiger partial charge on any atom is -0.491 e. The maximum Gasteiger partial charge on any atom is 0.238 e. The number of amides is 1. The van der Waals surface area contributed by atoms with E-state index in [9.17, 15) is 9.90 Å². The number of para-hydroxylation sites is 1. The van der Waals surface area contributed by atoms with Crippen molar-refractivity contribution in [2.24, 2.45) is 0 Å². The second-order valence-corrected chi connectivity index (χ2v) is 6.64. The van der Waals surface area contributed by atoms with Gasteiger partial charge in [0.05, 0.1) is 6.54 Å². The van der Waals surface area contributed by atoms with Crippen molar-refractivity contribution in [2.75, 3.05) is 51.2 Å². The zero-order chi connectivity index (χ0) is 18.9. The second-order valence-electron chi connectivity index (χ2n) is 6.64. The number of aromatic nitrogens is 1. The van der Waals surface area contributed by atoms with E-state index in [1.807, 2.05) is 30.3 Å². The summed E-state index contributed by atoms with van der Waals surface area (Å²) in [5.41, 5.74) is 0.759. The third-order valence-electron chi connectivity index (χ3n) is 4.45. The molecule has 2 N–H and O–H groups in total. The number of β-amino-alcohol motifs (C(OH)–C–C–N with tert-alkyl or cyclic N) is 1. The molecule has 7 nitrogen and oxygen atoms in total. The molecular formula is C20H26N4O3. The molecule has 1 aliphatic heterocycles. The largest absolute Gasteiger partial charge is 0.491 e. The van der Waals surface area contributed by atoms with Crippen molar-refractivity contribution in [3.8, 4) is 5.75 Å². The van der Waals surface area contributed by atoms with E-state index >= 15 is 0 Å². The Labute approximate surface area is 159 Å². The first-order valence-corrected chi connectivity index (χ1v) is 9.19. The van der Waals surface area contributed by atoms with Crippen LogP contribution in [0.5, 0.6) is 5.75 Å². The minimum absolute atomic E-state index is 0.0223. The molecule has 1 aromatic carbocycles. The predicted molar refractivity (Wildman–Crippen MR) is 104 cm³/mol. The Balaban J connectivity index is 1.33. The Morgan fingerprint density at radius 3 is 2.44 bits per heavy atom. The highest BCUT2D eigenvalue weighted by Gasteiger charge is 2.21. The first kappa shape index (κ1) is 19.3. The number of aliphatic hydroxyl groups excluding tert-OH is 1. The van der Waals surface area contributed by atoms with Crippen LogP contribution in [0.4, 0.5) is 5.69 Å². The fraction of sp³-hybridized carbons (Fsp3) is 0.400. The van der Waals surface area contributed by atoms with E-state index in [-0.39, 0.29) is 12.5 Å². The van der Waals surface area contributed by atoms with Crippen LogP contribution in [-0.2, 0) is 4.79 Å². The Bertz CT molecular complexity index is 691.